The Bertz CT molecular complexity index is 2210. The molecule has 302 valence electrons. The van der Waals surface area contributed by atoms with Crippen molar-refractivity contribution in [3.8, 4) is 33.8 Å². The van der Waals surface area contributed by atoms with E-state index in [1.54, 1.807) is 0 Å². The molecule has 56 heavy (non-hydrogen) atoms. The van der Waals surface area contributed by atoms with Crippen LogP contribution >= 0.6 is 11.6 Å². The van der Waals surface area contributed by atoms with E-state index in [1.165, 1.54) is 46.3 Å². The third-order valence-corrected chi connectivity index (χ3v) is 8.69. The number of amides is 1. The molecule has 0 saturated heterocycles. The zero-order valence-corrected chi connectivity index (χ0v) is 30.8. The van der Waals surface area contributed by atoms with E-state index < -0.39 is 64.9 Å². The van der Waals surface area contributed by atoms with Crippen molar-refractivity contribution >= 4 is 51.5 Å². The Kier molecular flexibility index (Phi) is 14.5. The first-order valence-electron chi connectivity index (χ1n) is 15.2. The molecule has 4 aromatic rings. The van der Waals surface area contributed by atoms with E-state index in [1.807, 2.05) is 0 Å². The number of aliphatic carboxylic acids is 2. The van der Waals surface area contributed by atoms with Crippen LogP contribution in [0.2, 0.25) is 5.02 Å². The van der Waals surface area contributed by atoms with Gasteiger partial charge < -0.3 is 24.4 Å². The number of anilines is 2. The molecule has 0 aliphatic heterocycles. The third-order valence-electron chi connectivity index (χ3n) is 6.98. The molecule has 0 saturated carbocycles. The molecule has 4 N–H and O–H groups in total. The summed E-state index contributed by atoms with van der Waals surface area (Å²) < 4.78 is 120. The normalized spacial score (nSPS) is 11.6. The summed E-state index contributed by atoms with van der Waals surface area (Å²) in [6, 6.07) is 9.25. The van der Waals surface area contributed by atoms with Crippen LogP contribution in [0.1, 0.15) is 16.8 Å². The lowest BCUT2D eigenvalue weighted by molar-refractivity contribution is -0.140. The number of hydrogen-bond donors (Lipinski definition) is 4. The number of carboxylic acid groups (broad SMARTS) is 2. The Morgan fingerprint density at radius 2 is 1.30 bits per heavy atom. The molecule has 23 heteroatoms. The van der Waals surface area contributed by atoms with Crippen molar-refractivity contribution in [1.82, 2.24) is 14.3 Å². The molecule has 3 aromatic carbocycles. The second-order valence-electron chi connectivity index (χ2n) is 11.2. The van der Waals surface area contributed by atoms with Gasteiger partial charge in [0.25, 0.3) is 0 Å². The standard InChI is InChI=1S/C17H13ClF3NO5.C16H17F3N4O5S/c1-26-16(25)22-10-3-4-11(13(18)7-10)12-6-9(17(19,20)21)2-5-14(12)27-8-15(23)24;1-9-12(7-20-15(21-9)22-29(26,27)23(2)3)11-6-10(16(17,18)19)4-5-13(11)28-8-14(24)25/h2-7H,8H2,1H3,(H,22,25)(H,23,24);4-7H,8H2,1-3H3,(H,24,25)(H,20,21,22). The Morgan fingerprint density at radius 1 is 0.804 bits per heavy atom. The van der Waals surface area contributed by atoms with E-state index in [-0.39, 0.29) is 56.1 Å². The first kappa shape index (κ1) is 44.5. The van der Waals surface area contributed by atoms with Crippen molar-refractivity contribution in [2.24, 2.45) is 0 Å². The average Bonchev–Trinajstić information content (AvgIpc) is 3.09. The quantitative estimate of drug-likeness (QED) is 0.109. The number of methoxy groups -OCH3 is 1. The maximum Gasteiger partial charge on any atom is 0.416 e. The molecule has 0 fully saturated rings. The summed E-state index contributed by atoms with van der Waals surface area (Å²) in [5.41, 5.74) is -1.37. The highest BCUT2D eigenvalue weighted by atomic mass is 35.5. The van der Waals surface area contributed by atoms with Crippen LogP contribution in [0.4, 0.5) is 42.8 Å². The van der Waals surface area contributed by atoms with E-state index in [0.29, 0.717) is 0 Å². The molecular formula is C33H30ClF6N5O10S. The number of aryl methyl sites for hydroxylation is 1. The number of carboxylic acids is 2. The summed E-state index contributed by atoms with van der Waals surface area (Å²) >= 11 is 6.15. The number of carbonyl (C=O) groups is 3. The number of benzene rings is 3. The molecule has 1 heterocycles. The van der Waals surface area contributed by atoms with Gasteiger partial charge in [-0.25, -0.2) is 29.1 Å². The van der Waals surface area contributed by atoms with Crippen molar-refractivity contribution in [3.05, 3.63) is 82.6 Å². The lowest BCUT2D eigenvalue weighted by Gasteiger charge is -2.16. The van der Waals surface area contributed by atoms with Crippen LogP contribution in [-0.4, -0.2) is 85.4 Å². The van der Waals surface area contributed by atoms with Gasteiger partial charge in [-0.3, -0.25) is 5.32 Å². The predicted octanol–water partition coefficient (Wildman–Crippen LogP) is 6.82. The number of nitrogens with one attached hydrogen (secondary N) is 2. The topological polar surface area (TPSA) is 207 Å². The molecule has 1 aromatic heterocycles. The number of alkyl halides is 6. The molecule has 15 nitrogen and oxygen atoms in total. The van der Waals surface area contributed by atoms with E-state index in [2.05, 4.69) is 24.7 Å². The van der Waals surface area contributed by atoms with E-state index in [4.69, 9.17) is 31.3 Å². The summed E-state index contributed by atoms with van der Waals surface area (Å²) in [6.07, 6.45) is -8.88. The second kappa shape index (κ2) is 18.2. The number of ether oxygens (including phenoxy) is 3. The summed E-state index contributed by atoms with van der Waals surface area (Å²) in [5.74, 6) is -3.07. The lowest BCUT2D eigenvalue weighted by Crippen LogP contribution is -2.29. The van der Waals surface area contributed by atoms with Gasteiger partial charge in [0.15, 0.2) is 13.2 Å². The van der Waals surface area contributed by atoms with E-state index in [0.717, 1.165) is 46.9 Å². The van der Waals surface area contributed by atoms with Gasteiger partial charge in [-0.05, 0) is 55.5 Å². The zero-order chi connectivity index (χ0) is 42.2. The minimum atomic E-state index is -4.64. The van der Waals surface area contributed by atoms with E-state index in [9.17, 15) is 49.1 Å². The number of aromatic nitrogens is 2. The fourth-order valence-corrected chi connectivity index (χ4v) is 5.13. The Balaban J connectivity index is 0.000000301. The lowest BCUT2D eigenvalue weighted by atomic mass is 10.0. The predicted molar refractivity (Wildman–Crippen MR) is 188 cm³/mol. The van der Waals surface area contributed by atoms with Crippen molar-refractivity contribution in [2.75, 3.05) is 44.5 Å². The summed E-state index contributed by atoms with van der Waals surface area (Å²) in [7, 11) is -0.132. The van der Waals surface area contributed by atoms with Gasteiger partial charge in [0.1, 0.15) is 11.5 Å². The van der Waals surface area contributed by atoms with Crippen LogP contribution < -0.4 is 19.5 Å². The largest absolute Gasteiger partial charge is 0.481 e. The fraction of sp³-hybridized carbons (Fsp3) is 0.242. The highest BCUT2D eigenvalue weighted by molar-refractivity contribution is 7.90. The summed E-state index contributed by atoms with van der Waals surface area (Å²) in [5, 5.41) is 19.9. The first-order valence-corrected chi connectivity index (χ1v) is 17.1. The van der Waals surface area contributed by atoms with Crippen LogP contribution in [0.5, 0.6) is 11.5 Å². The Hall–Kier alpha value is -5.87. The molecule has 0 bridgehead atoms. The van der Waals surface area contributed by atoms with Gasteiger partial charge in [0, 0.05) is 48.2 Å². The van der Waals surface area contributed by atoms with Crippen LogP contribution in [0.25, 0.3) is 22.3 Å². The van der Waals surface area contributed by atoms with Crippen LogP contribution in [0, 0.1) is 6.92 Å². The molecule has 0 spiro atoms. The Morgan fingerprint density at radius 3 is 1.71 bits per heavy atom. The fourth-order valence-electron chi connectivity index (χ4n) is 4.33. The highest BCUT2D eigenvalue weighted by Gasteiger charge is 2.33. The number of carbonyl (C=O) groups excluding carboxylic acids is 1. The average molecular weight is 838 g/mol. The molecule has 0 atom stereocenters. The minimum Gasteiger partial charge on any atom is -0.481 e. The highest BCUT2D eigenvalue weighted by Crippen LogP contribution is 2.41. The minimum absolute atomic E-state index is 0.0170. The molecule has 4 rings (SSSR count). The Labute approximate surface area is 319 Å². The van der Waals surface area contributed by atoms with Gasteiger partial charge in [-0.2, -0.15) is 39.1 Å². The molecule has 1 amide bonds. The molecule has 0 radical (unpaired) electrons. The smallest absolute Gasteiger partial charge is 0.416 e. The van der Waals surface area contributed by atoms with Crippen molar-refractivity contribution < 1.29 is 73.6 Å². The van der Waals surface area contributed by atoms with Gasteiger partial charge in [-0.15, -0.1) is 0 Å². The SMILES string of the molecule is COC(=O)Nc1ccc(-c2cc(C(F)(F)F)ccc2OCC(=O)O)c(Cl)c1.Cc1nc(NS(=O)(=O)N(C)C)ncc1-c1cc(C(F)(F)F)ccc1OCC(=O)O. The number of hydrogen-bond acceptors (Lipinski definition) is 10. The maximum absolute atomic E-state index is 13.1. The molecule has 0 aliphatic rings. The van der Waals surface area contributed by atoms with Gasteiger partial charge >= 0.3 is 40.6 Å². The van der Waals surface area contributed by atoms with Crippen LogP contribution in [0.15, 0.2) is 60.8 Å². The molecule has 0 unspecified atom stereocenters. The van der Waals surface area contributed by atoms with Gasteiger partial charge in [0.2, 0.25) is 5.95 Å². The van der Waals surface area contributed by atoms with Gasteiger partial charge in [-0.1, -0.05) is 17.7 Å². The van der Waals surface area contributed by atoms with Crippen molar-refractivity contribution in [1.29, 1.82) is 0 Å². The first-order chi connectivity index (χ1) is 25.9. The maximum atomic E-state index is 13.1. The molecule has 0 aliphatic carbocycles. The number of nitrogens with zero attached hydrogens (tertiary/aromatic N) is 3. The van der Waals surface area contributed by atoms with Crippen LogP contribution in [0.3, 0.4) is 0 Å². The zero-order valence-electron chi connectivity index (χ0n) is 29.2. The third kappa shape index (κ3) is 12.3. The number of halogens is 7. The van der Waals surface area contributed by atoms with Gasteiger partial charge in [0.05, 0.1) is 29.0 Å². The summed E-state index contributed by atoms with van der Waals surface area (Å²) in [4.78, 5) is 40.5. The second-order valence-corrected chi connectivity index (χ2v) is 13.5. The monoisotopic (exact) mass is 837 g/mol. The van der Waals surface area contributed by atoms with Crippen LogP contribution in [-0.2, 0) is 36.9 Å². The summed E-state index contributed by atoms with van der Waals surface area (Å²) in [6.45, 7) is -0.0668. The van der Waals surface area contributed by atoms with Crippen molar-refractivity contribution in [3.63, 3.8) is 0 Å². The number of rotatable bonds is 12. The molecular weight excluding hydrogens is 808 g/mol. The van der Waals surface area contributed by atoms with E-state index >= 15 is 0 Å². The van der Waals surface area contributed by atoms with Crippen molar-refractivity contribution in [2.45, 2.75) is 19.3 Å².